The predicted molar refractivity (Wildman–Crippen MR) is 97.8 cm³/mol. The minimum Gasteiger partial charge on any atom is -0.466 e. The van der Waals surface area contributed by atoms with Crippen molar-refractivity contribution >= 4 is 30.3 Å². The standard InChI is InChI=1S/C17H14N4OS2/c23-17-21(14(11-22-17)12-7-3-1-4-8-12)24-16-18-15(19-20-16)13-9-5-2-6-10-13/h1-11,17,23H,(H,18,19,20). The highest BCUT2D eigenvalue weighted by atomic mass is 32.2. The first kappa shape index (κ1) is 15.2. The zero-order chi connectivity index (χ0) is 16.4. The number of aromatic amines is 1. The molecule has 1 atom stereocenters. The molecule has 0 saturated heterocycles. The lowest BCUT2D eigenvalue weighted by molar-refractivity contribution is 0.196. The van der Waals surface area contributed by atoms with Gasteiger partial charge in [-0.25, -0.2) is 4.98 Å². The molecule has 5 nitrogen and oxygen atoms in total. The summed E-state index contributed by atoms with van der Waals surface area (Å²) < 4.78 is 7.48. The maximum Gasteiger partial charge on any atom is 0.229 e. The fourth-order valence-corrected chi connectivity index (χ4v) is 3.46. The van der Waals surface area contributed by atoms with Crippen molar-refractivity contribution < 1.29 is 4.74 Å². The molecule has 1 unspecified atom stereocenters. The highest BCUT2D eigenvalue weighted by molar-refractivity contribution is 7.97. The molecule has 0 saturated carbocycles. The lowest BCUT2D eigenvalue weighted by Crippen LogP contribution is -2.18. The monoisotopic (exact) mass is 354 g/mol. The molecule has 1 aromatic heterocycles. The van der Waals surface area contributed by atoms with E-state index in [1.807, 2.05) is 65.0 Å². The summed E-state index contributed by atoms with van der Waals surface area (Å²) in [5, 5.41) is 7.87. The number of aromatic nitrogens is 3. The van der Waals surface area contributed by atoms with Crippen LogP contribution in [0.25, 0.3) is 17.1 Å². The Kier molecular flexibility index (Phi) is 4.18. The highest BCUT2D eigenvalue weighted by Gasteiger charge is 2.28. The molecule has 2 aromatic carbocycles. The maximum absolute atomic E-state index is 5.54. The van der Waals surface area contributed by atoms with Gasteiger partial charge in [-0.2, -0.15) is 0 Å². The summed E-state index contributed by atoms with van der Waals surface area (Å²) in [6.45, 7) is 0. The number of ether oxygens (including phenoxy) is 1. The highest BCUT2D eigenvalue weighted by Crippen LogP contribution is 2.38. The number of benzene rings is 2. The zero-order valence-corrected chi connectivity index (χ0v) is 14.2. The van der Waals surface area contributed by atoms with Crippen molar-refractivity contribution in [3.63, 3.8) is 0 Å². The first-order chi connectivity index (χ1) is 11.8. The second kappa shape index (κ2) is 6.62. The van der Waals surface area contributed by atoms with Crippen LogP contribution in [0.3, 0.4) is 0 Å². The van der Waals surface area contributed by atoms with E-state index in [4.69, 9.17) is 4.74 Å². The van der Waals surface area contributed by atoms with Gasteiger partial charge in [0.1, 0.15) is 6.26 Å². The maximum atomic E-state index is 5.54. The average molecular weight is 354 g/mol. The third-order valence-electron chi connectivity index (χ3n) is 3.50. The number of nitrogens with one attached hydrogen (secondary N) is 1. The summed E-state index contributed by atoms with van der Waals surface area (Å²) in [5.74, 6) is 0.735. The van der Waals surface area contributed by atoms with Crippen molar-refractivity contribution in [3.05, 3.63) is 72.5 Å². The summed E-state index contributed by atoms with van der Waals surface area (Å²) in [5.41, 5.74) is 2.60. The molecule has 0 fully saturated rings. The summed E-state index contributed by atoms with van der Waals surface area (Å²) in [7, 11) is 0. The van der Waals surface area contributed by atoms with Gasteiger partial charge in [-0.15, -0.1) is 17.7 Å². The van der Waals surface area contributed by atoms with Crippen LogP contribution >= 0.6 is 24.6 Å². The first-order valence-electron chi connectivity index (χ1n) is 7.35. The molecule has 0 aliphatic carbocycles. The Morgan fingerprint density at radius 3 is 2.38 bits per heavy atom. The van der Waals surface area contributed by atoms with Crippen LogP contribution in [0.1, 0.15) is 5.56 Å². The number of thiol groups is 1. The molecular formula is C17H14N4OS2. The topological polar surface area (TPSA) is 54.0 Å². The van der Waals surface area contributed by atoms with Crippen molar-refractivity contribution in [1.82, 2.24) is 19.5 Å². The predicted octanol–water partition coefficient (Wildman–Crippen LogP) is 4.02. The molecule has 0 radical (unpaired) electrons. The number of hydrogen-bond acceptors (Lipinski definition) is 6. The Labute approximate surface area is 149 Å². The second-order valence-electron chi connectivity index (χ2n) is 5.08. The van der Waals surface area contributed by atoms with Gasteiger partial charge in [0.25, 0.3) is 0 Å². The summed E-state index contributed by atoms with van der Waals surface area (Å²) >= 11 is 5.86. The van der Waals surface area contributed by atoms with Gasteiger partial charge in [0.2, 0.25) is 10.7 Å². The van der Waals surface area contributed by atoms with Crippen LogP contribution in [-0.2, 0) is 4.74 Å². The van der Waals surface area contributed by atoms with E-state index < -0.39 is 0 Å². The van der Waals surface area contributed by atoms with Crippen LogP contribution in [-0.4, -0.2) is 25.0 Å². The number of H-pyrrole nitrogens is 1. The lowest BCUT2D eigenvalue weighted by Gasteiger charge is -2.21. The Balaban J connectivity index is 1.56. The van der Waals surface area contributed by atoms with Crippen LogP contribution in [0.2, 0.25) is 0 Å². The van der Waals surface area contributed by atoms with E-state index in [1.165, 1.54) is 11.9 Å². The Hall–Kier alpha value is -2.38. The average Bonchev–Trinajstić information content (AvgIpc) is 3.25. The lowest BCUT2D eigenvalue weighted by atomic mass is 10.2. The SMILES string of the molecule is SC1OC=C(c2ccccc2)N1Sc1n[nH]c(-c2ccccc2)n1. The second-order valence-corrected chi connectivity index (χ2v) is 6.46. The van der Waals surface area contributed by atoms with Gasteiger partial charge in [-0.1, -0.05) is 60.7 Å². The van der Waals surface area contributed by atoms with Crippen molar-refractivity contribution in [2.24, 2.45) is 0 Å². The molecular weight excluding hydrogens is 340 g/mol. The molecule has 120 valence electrons. The quantitative estimate of drug-likeness (QED) is 0.547. The van der Waals surface area contributed by atoms with E-state index >= 15 is 0 Å². The molecule has 0 bridgehead atoms. The Bertz CT molecular complexity index is 851. The molecule has 24 heavy (non-hydrogen) atoms. The third kappa shape index (κ3) is 3.00. The number of hydrogen-bond donors (Lipinski definition) is 2. The molecule has 1 aliphatic rings. The first-order valence-corrected chi connectivity index (χ1v) is 8.64. The fraction of sp³-hybridized carbons (Fsp3) is 0.0588. The van der Waals surface area contributed by atoms with E-state index in [0.29, 0.717) is 5.16 Å². The molecule has 0 amide bonds. The van der Waals surface area contributed by atoms with Crippen LogP contribution < -0.4 is 0 Å². The van der Waals surface area contributed by atoms with Gasteiger partial charge in [0, 0.05) is 23.1 Å². The van der Waals surface area contributed by atoms with Crippen LogP contribution in [0.15, 0.2) is 72.1 Å². The van der Waals surface area contributed by atoms with Gasteiger partial charge < -0.3 is 4.74 Å². The van der Waals surface area contributed by atoms with E-state index in [1.54, 1.807) is 6.26 Å². The van der Waals surface area contributed by atoms with E-state index in [-0.39, 0.29) is 5.56 Å². The fourth-order valence-electron chi connectivity index (χ4n) is 2.35. The Morgan fingerprint density at radius 1 is 1.00 bits per heavy atom. The third-order valence-corrected chi connectivity index (χ3v) is 4.94. The summed E-state index contributed by atoms with van der Waals surface area (Å²) in [6, 6.07) is 19.9. The molecule has 2 heterocycles. The molecule has 1 N–H and O–H groups in total. The summed E-state index contributed by atoms with van der Waals surface area (Å²) in [6.07, 6.45) is 1.71. The van der Waals surface area contributed by atoms with E-state index in [2.05, 4.69) is 27.8 Å². The van der Waals surface area contributed by atoms with Crippen molar-refractivity contribution in [1.29, 1.82) is 0 Å². The zero-order valence-electron chi connectivity index (χ0n) is 12.5. The summed E-state index contributed by atoms with van der Waals surface area (Å²) in [4.78, 5) is 4.54. The van der Waals surface area contributed by atoms with Gasteiger partial charge in [0.15, 0.2) is 5.82 Å². The molecule has 3 aromatic rings. The van der Waals surface area contributed by atoms with E-state index in [9.17, 15) is 0 Å². The van der Waals surface area contributed by atoms with Crippen molar-refractivity contribution in [2.45, 2.75) is 10.7 Å². The Morgan fingerprint density at radius 2 is 1.67 bits per heavy atom. The smallest absolute Gasteiger partial charge is 0.229 e. The van der Waals surface area contributed by atoms with Crippen LogP contribution in [0, 0.1) is 0 Å². The van der Waals surface area contributed by atoms with Crippen molar-refractivity contribution in [3.8, 4) is 11.4 Å². The van der Waals surface area contributed by atoms with Crippen molar-refractivity contribution in [2.75, 3.05) is 0 Å². The number of rotatable bonds is 4. The largest absolute Gasteiger partial charge is 0.466 e. The minimum atomic E-state index is -0.385. The van der Waals surface area contributed by atoms with E-state index in [0.717, 1.165) is 22.6 Å². The van der Waals surface area contributed by atoms with Crippen LogP contribution in [0.4, 0.5) is 0 Å². The van der Waals surface area contributed by atoms with Crippen LogP contribution in [0.5, 0.6) is 0 Å². The molecule has 0 spiro atoms. The van der Waals surface area contributed by atoms with Gasteiger partial charge >= 0.3 is 0 Å². The minimum absolute atomic E-state index is 0.385. The molecule has 4 rings (SSSR count). The number of nitrogens with zero attached hydrogens (tertiary/aromatic N) is 3. The normalized spacial score (nSPS) is 16.8. The van der Waals surface area contributed by atoms with Gasteiger partial charge in [-0.05, 0) is 0 Å². The molecule has 1 aliphatic heterocycles. The molecule has 7 heteroatoms. The van der Waals surface area contributed by atoms with Gasteiger partial charge in [-0.3, -0.25) is 9.40 Å². The van der Waals surface area contributed by atoms with Gasteiger partial charge in [0.05, 0.1) is 5.70 Å².